The Balaban J connectivity index is 1.31. The van der Waals surface area contributed by atoms with E-state index in [1.165, 1.54) is 19.4 Å². The second-order valence-electron chi connectivity index (χ2n) is 7.35. The van der Waals surface area contributed by atoms with Gasteiger partial charge in [-0.1, -0.05) is 25.1 Å². The van der Waals surface area contributed by atoms with Crippen molar-refractivity contribution in [1.29, 1.82) is 0 Å². The number of guanidine groups is 1. The molecule has 4 rings (SSSR count). The summed E-state index contributed by atoms with van der Waals surface area (Å²) in [4.78, 5) is 11.5. The third-order valence-electron chi connectivity index (χ3n) is 5.26. The van der Waals surface area contributed by atoms with Crippen molar-refractivity contribution < 1.29 is 4.42 Å². The van der Waals surface area contributed by atoms with Crippen molar-refractivity contribution in [2.24, 2.45) is 10.9 Å². The molecule has 0 spiro atoms. The molecule has 2 aromatic rings. The van der Waals surface area contributed by atoms with E-state index in [9.17, 15) is 0 Å². The maximum Gasteiger partial charge on any atom is 0.226 e. The number of rotatable bonds is 5. The van der Waals surface area contributed by atoms with Crippen LogP contribution in [0.2, 0.25) is 0 Å². The number of nitrogens with one attached hydrogen (secondary N) is 2. The fourth-order valence-corrected chi connectivity index (χ4v) is 3.58. The molecule has 1 aliphatic carbocycles. The molecular formula is C20H27N5O. The highest BCUT2D eigenvalue weighted by molar-refractivity contribution is 5.80. The topological polar surface area (TPSA) is 65.7 Å². The molecule has 6 nitrogen and oxygen atoms in total. The lowest BCUT2D eigenvalue weighted by atomic mass is 10.1. The summed E-state index contributed by atoms with van der Waals surface area (Å²) in [5.74, 6) is 2.10. The van der Waals surface area contributed by atoms with E-state index in [1.54, 1.807) is 6.26 Å². The highest BCUT2D eigenvalue weighted by Crippen LogP contribution is 2.31. The number of oxazole rings is 1. The molecule has 26 heavy (non-hydrogen) atoms. The van der Waals surface area contributed by atoms with E-state index in [2.05, 4.69) is 32.4 Å². The number of hydrogen-bond donors (Lipinski definition) is 2. The van der Waals surface area contributed by atoms with Crippen molar-refractivity contribution in [3.05, 3.63) is 42.3 Å². The molecule has 2 aliphatic rings. The average molecular weight is 353 g/mol. The molecule has 2 N–H and O–H groups in total. The quantitative estimate of drug-likeness (QED) is 0.639. The number of aromatic nitrogens is 1. The maximum absolute atomic E-state index is 5.60. The lowest BCUT2D eigenvalue weighted by Crippen LogP contribution is -2.46. The van der Waals surface area contributed by atoms with E-state index in [4.69, 9.17) is 4.42 Å². The molecule has 6 heteroatoms. The van der Waals surface area contributed by atoms with Crippen LogP contribution in [0.5, 0.6) is 0 Å². The predicted molar refractivity (Wildman–Crippen MR) is 103 cm³/mol. The van der Waals surface area contributed by atoms with Crippen LogP contribution in [0.4, 0.5) is 0 Å². The fourth-order valence-electron chi connectivity index (χ4n) is 3.58. The molecule has 1 aliphatic heterocycles. The Kier molecular flexibility index (Phi) is 4.93. The number of hydrogen-bond acceptors (Lipinski definition) is 4. The van der Waals surface area contributed by atoms with Crippen LogP contribution >= 0.6 is 0 Å². The zero-order chi connectivity index (χ0) is 17.9. The van der Waals surface area contributed by atoms with Gasteiger partial charge in [-0.15, -0.1) is 0 Å². The molecule has 0 amide bonds. The van der Waals surface area contributed by atoms with Gasteiger partial charge >= 0.3 is 0 Å². The first-order valence-electron chi connectivity index (χ1n) is 9.44. The molecule has 1 aromatic heterocycles. The first kappa shape index (κ1) is 17.1. The first-order chi connectivity index (χ1) is 12.7. The van der Waals surface area contributed by atoms with Gasteiger partial charge in [0.05, 0.1) is 12.2 Å². The average Bonchev–Trinajstić information content (AvgIpc) is 3.30. The van der Waals surface area contributed by atoms with Crippen LogP contribution in [0.15, 0.2) is 46.0 Å². The minimum absolute atomic E-state index is 0.444. The normalized spacial score (nSPS) is 24.0. The molecule has 2 unspecified atom stereocenters. The van der Waals surface area contributed by atoms with Gasteiger partial charge in [0.25, 0.3) is 0 Å². The Morgan fingerprint density at radius 3 is 2.81 bits per heavy atom. The van der Waals surface area contributed by atoms with Gasteiger partial charge in [0.15, 0.2) is 5.96 Å². The molecule has 2 atom stereocenters. The second kappa shape index (κ2) is 7.50. The second-order valence-corrected chi connectivity index (χ2v) is 7.35. The summed E-state index contributed by atoms with van der Waals surface area (Å²) < 4.78 is 5.60. The zero-order valence-corrected chi connectivity index (χ0v) is 15.5. The first-order valence-corrected chi connectivity index (χ1v) is 9.44. The maximum atomic E-state index is 5.60. The summed E-state index contributed by atoms with van der Waals surface area (Å²) in [6.07, 6.45) is 4.43. The van der Waals surface area contributed by atoms with Crippen molar-refractivity contribution in [3.63, 3.8) is 0 Å². The number of benzene rings is 1. The zero-order valence-electron chi connectivity index (χ0n) is 15.5. The third-order valence-corrected chi connectivity index (χ3v) is 5.26. The van der Waals surface area contributed by atoms with Crippen LogP contribution in [0, 0.1) is 5.92 Å². The molecule has 2 heterocycles. The van der Waals surface area contributed by atoms with Crippen molar-refractivity contribution in [2.45, 2.75) is 38.4 Å². The largest absolute Gasteiger partial charge is 0.444 e. The predicted octanol–water partition coefficient (Wildman–Crippen LogP) is 2.49. The SMILES string of the molecule is CN=C(NCc1coc(-c2ccccc2)n1)NC1CN(C2CC2)CC1C. The van der Waals surface area contributed by atoms with Gasteiger partial charge in [-0.2, -0.15) is 0 Å². The van der Waals surface area contributed by atoms with E-state index in [1.807, 2.05) is 37.4 Å². The fraction of sp³-hybridized carbons (Fsp3) is 0.500. The molecule has 0 bridgehead atoms. The minimum atomic E-state index is 0.444. The van der Waals surface area contributed by atoms with E-state index in [0.29, 0.717) is 24.4 Å². The van der Waals surface area contributed by atoms with Gasteiger partial charge in [-0.3, -0.25) is 9.89 Å². The number of nitrogens with zero attached hydrogens (tertiary/aromatic N) is 3. The Labute approximate surface area is 154 Å². The smallest absolute Gasteiger partial charge is 0.226 e. The molecule has 1 saturated heterocycles. The minimum Gasteiger partial charge on any atom is -0.444 e. The number of aliphatic imine (C=N–C) groups is 1. The monoisotopic (exact) mass is 353 g/mol. The molecule has 1 saturated carbocycles. The van der Waals surface area contributed by atoms with Crippen molar-refractivity contribution in [2.75, 3.05) is 20.1 Å². The van der Waals surface area contributed by atoms with Gasteiger partial charge in [-0.05, 0) is 30.9 Å². The molecule has 1 aromatic carbocycles. The molecular weight excluding hydrogens is 326 g/mol. The van der Waals surface area contributed by atoms with Crippen molar-refractivity contribution >= 4 is 5.96 Å². The van der Waals surface area contributed by atoms with Crippen molar-refractivity contribution in [3.8, 4) is 11.5 Å². The summed E-state index contributed by atoms with van der Waals surface area (Å²) >= 11 is 0. The van der Waals surface area contributed by atoms with Crippen LogP contribution < -0.4 is 10.6 Å². The van der Waals surface area contributed by atoms with Crippen LogP contribution in [0.3, 0.4) is 0 Å². The summed E-state index contributed by atoms with van der Waals surface area (Å²) in [7, 11) is 1.81. The van der Waals surface area contributed by atoms with Crippen LogP contribution in [-0.2, 0) is 6.54 Å². The lowest BCUT2D eigenvalue weighted by Gasteiger charge is -2.20. The number of likely N-dealkylation sites (tertiary alicyclic amines) is 1. The van der Waals surface area contributed by atoms with E-state index in [0.717, 1.165) is 29.8 Å². The Hall–Kier alpha value is -2.34. The van der Waals surface area contributed by atoms with E-state index < -0.39 is 0 Å². The highest BCUT2D eigenvalue weighted by Gasteiger charge is 2.38. The summed E-state index contributed by atoms with van der Waals surface area (Å²) in [6.45, 7) is 5.19. The van der Waals surface area contributed by atoms with Gasteiger partial charge in [0.1, 0.15) is 6.26 Å². The van der Waals surface area contributed by atoms with Gasteiger partial charge in [0.2, 0.25) is 5.89 Å². The van der Waals surface area contributed by atoms with Gasteiger partial charge in [-0.25, -0.2) is 4.98 Å². The Morgan fingerprint density at radius 1 is 1.27 bits per heavy atom. The lowest BCUT2D eigenvalue weighted by molar-refractivity contribution is 0.315. The standard InChI is InChI=1S/C20H27N5O/c1-14-11-25(17-8-9-17)12-18(14)24-20(21-2)22-10-16-13-26-19(23-16)15-6-4-3-5-7-15/h3-7,13-14,17-18H,8-12H2,1-2H3,(H2,21,22,24). The summed E-state index contributed by atoms with van der Waals surface area (Å²) in [6, 6.07) is 11.2. The Morgan fingerprint density at radius 2 is 2.08 bits per heavy atom. The van der Waals surface area contributed by atoms with E-state index in [-0.39, 0.29) is 0 Å². The highest BCUT2D eigenvalue weighted by atomic mass is 16.3. The Bertz CT molecular complexity index is 753. The van der Waals surface area contributed by atoms with Crippen LogP contribution in [0.25, 0.3) is 11.5 Å². The summed E-state index contributed by atoms with van der Waals surface area (Å²) in [5.41, 5.74) is 1.85. The molecule has 0 radical (unpaired) electrons. The third kappa shape index (κ3) is 3.90. The van der Waals surface area contributed by atoms with Gasteiger partial charge < -0.3 is 15.1 Å². The van der Waals surface area contributed by atoms with Crippen LogP contribution in [-0.4, -0.2) is 48.1 Å². The molecule has 2 fully saturated rings. The van der Waals surface area contributed by atoms with Crippen LogP contribution in [0.1, 0.15) is 25.5 Å². The van der Waals surface area contributed by atoms with E-state index >= 15 is 0 Å². The van der Waals surface area contributed by atoms with Gasteiger partial charge in [0, 0.05) is 37.8 Å². The van der Waals surface area contributed by atoms with Crippen molar-refractivity contribution in [1.82, 2.24) is 20.5 Å². The summed E-state index contributed by atoms with van der Waals surface area (Å²) in [5, 5.41) is 6.93. The molecule has 138 valence electrons.